The Morgan fingerprint density at radius 1 is 1.27 bits per heavy atom. The zero-order valence-electron chi connectivity index (χ0n) is 8.69. The van der Waals surface area contributed by atoms with E-state index in [1.165, 1.54) is 9.75 Å². The summed E-state index contributed by atoms with van der Waals surface area (Å²) in [5, 5.41) is 7.48. The molecule has 15 heavy (non-hydrogen) atoms. The van der Waals surface area contributed by atoms with Gasteiger partial charge in [-0.3, -0.25) is 0 Å². The van der Waals surface area contributed by atoms with E-state index in [0.29, 0.717) is 0 Å². The molecule has 2 aromatic heterocycles. The van der Waals surface area contributed by atoms with Crippen LogP contribution >= 0.6 is 22.7 Å². The molecule has 1 atom stereocenters. The number of methoxy groups -OCH3 is 1. The first-order chi connectivity index (χ1) is 7.36. The van der Waals surface area contributed by atoms with Gasteiger partial charge in [-0.15, -0.1) is 22.7 Å². The Labute approximate surface area is 97.5 Å². The molecule has 1 unspecified atom stereocenters. The third kappa shape index (κ3) is 2.07. The zero-order chi connectivity index (χ0) is 10.7. The predicted molar refractivity (Wildman–Crippen MR) is 66.1 cm³/mol. The summed E-state index contributed by atoms with van der Waals surface area (Å²) in [7, 11) is 3.69. The van der Waals surface area contributed by atoms with E-state index in [9.17, 15) is 0 Å². The van der Waals surface area contributed by atoms with Crippen LogP contribution in [0.15, 0.2) is 29.0 Å². The molecular weight excluding hydrogens is 226 g/mol. The molecule has 0 amide bonds. The van der Waals surface area contributed by atoms with Gasteiger partial charge in [-0.1, -0.05) is 6.07 Å². The van der Waals surface area contributed by atoms with Crippen LogP contribution < -0.4 is 10.1 Å². The molecule has 2 aromatic rings. The fourth-order valence-corrected chi connectivity index (χ4v) is 3.45. The predicted octanol–water partition coefficient (Wildman–Crippen LogP) is 3.13. The topological polar surface area (TPSA) is 21.3 Å². The van der Waals surface area contributed by atoms with Crippen molar-refractivity contribution in [2.24, 2.45) is 0 Å². The lowest BCUT2D eigenvalue weighted by Crippen LogP contribution is -2.15. The highest BCUT2D eigenvalue weighted by molar-refractivity contribution is 7.11. The zero-order valence-corrected chi connectivity index (χ0v) is 10.3. The van der Waals surface area contributed by atoms with E-state index >= 15 is 0 Å². The Morgan fingerprint density at radius 2 is 2.13 bits per heavy atom. The highest BCUT2D eigenvalue weighted by Crippen LogP contribution is 2.35. The minimum Gasteiger partial charge on any atom is -0.496 e. The number of thiophene rings is 2. The minimum absolute atomic E-state index is 0.250. The van der Waals surface area contributed by atoms with E-state index in [2.05, 4.69) is 28.2 Å². The summed E-state index contributed by atoms with van der Waals surface area (Å²) in [6.45, 7) is 0. The number of hydrogen-bond donors (Lipinski definition) is 1. The van der Waals surface area contributed by atoms with Crippen LogP contribution in [0.2, 0.25) is 0 Å². The fraction of sp³-hybridized carbons (Fsp3) is 0.273. The first-order valence-electron chi connectivity index (χ1n) is 4.69. The van der Waals surface area contributed by atoms with Crippen LogP contribution in [0.25, 0.3) is 0 Å². The van der Waals surface area contributed by atoms with Crippen LogP contribution in [-0.4, -0.2) is 14.2 Å². The molecule has 0 spiro atoms. The lowest BCUT2D eigenvalue weighted by molar-refractivity contribution is 0.409. The van der Waals surface area contributed by atoms with E-state index in [1.807, 2.05) is 13.1 Å². The summed E-state index contributed by atoms with van der Waals surface area (Å²) in [5.41, 5.74) is 0. The summed E-state index contributed by atoms with van der Waals surface area (Å²) >= 11 is 3.49. The molecule has 0 aliphatic carbocycles. The van der Waals surface area contributed by atoms with Crippen molar-refractivity contribution in [3.05, 3.63) is 38.7 Å². The minimum atomic E-state index is 0.250. The molecule has 2 heterocycles. The molecule has 2 nitrogen and oxygen atoms in total. The Balaban J connectivity index is 2.35. The molecule has 0 aliphatic heterocycles. The monoisotopic (exact) mass is 239 g/mol. The third-order valence-electron chi connectivity index (χ3n) is 2.26. The molecule has 0 aromatic carbocycles. The van der Waals surface area contributed by atoms with Crippen LogP contribution in [0, 0.1) is 0 Å². The van der Waals surface area contributed by atoms with Crippen molar-refractivity contribution in [3.8, 4) is 5.75 Å². The first kappa shape index (κ1) is 10.7. The first-order valence-corrected chi connectivity index (χ1v) is 6.44. The van der Waals surface area contributed by atoms with Crippen molar-refractivity contribution in [1.82, 2.24) is 5.32 Å². The molecule has 0 saturated carbocycles. The number of hydrogen-bond acceptors (Lipinski definition) is 4. The molecule has 2 rings (SSSR count). The summed E-state index contributed by atoms with van der Waals surface area (Å²) in [6, 6.07) is 6.48. The number of ether oxygens (including phenoxy) is 1. The van der Waals surface area contributed by atoms with Gasteiger partial charge in [-0.2, -0.15) is 0 Å². The van der Waals surface area contributed by atoms with Gasteiger partial charge in [0.25, 0.3) is 0 Å². The molecule has 1 N–H and O–H groups in total. The van der Waals surface area contributed by atoms with Gasteiger partial charge in [-0.05, 0) is 29.9 Å². The van der Waals surface area contributed by atoms with E-state index < -0.39 is 0 Å². The smallest absolute Gasteiger partial charge is 0.134 e. The highest BCUT2D eigenvalue weighted by atomic mass is 32.1. The second-order valence-corrected chi connectivity index (χ2v) is 5.02. The average Bonchev–Trinajstić information content (AvgIpc) is 2.89. The fourth-order valence-electron chi connectivity index (χ4n) is 1.55. The van der Waals surface area contributed by atoms with Crippen LogP contribution in [0.5, 0.6) is 5.75 Å². The molecule has 0 bridgehead atoms. The summed E-state index contributed by atoms with van der Waals surface area (Å²) in [5.74, 6) is 0.966. The van der Waals surface area contributed by atoms with E-state index in [-0.39, 0.29) is 6.04 Å². The summed E-state index contributed by atoms with van der Waals surface area (Å²) in [4.78, 5) is 2.56. The van der Waals surface area contributed by atoms with Gasteiger partial charge >= 0.3 is 0 Å². The second-order valence-electron chi connectivity index (χ2n) is 3.09. The third-order valence-corrected chi connectivity index (χ3v) is 4.16. The molecule has 0 saturated heterocycles. The van der Waals surface area contributed by atoms with Crippen LogP contribution in [0.3, 0.4) is 0 Å². The van der Waals surface area contributed by atoms with Gasteiger partial charge < -0.3 is 10.1 Å². The maximum absolute atomic E-state index is 5.34. The van der Waals surface area contributed by atoms with Crippen LogP contribution in [0.4, 0.5) is 0 Å². The largest absolute Gasteiger partial charge is 0.496 e. The van der Waals surface area contributed by atoms with Crippen molar-refractivity contribution in [3.63, 3.8) is 0 Å². The van der Waals surface area contributed by atoms with Crippen molar-refractivity contribution in [2.75, 3.05) is 14.2 Å². The maximum Gasteiger partial charge on any atom is 0.134 e. The Bertz CT molecular complexity index is 408. The van der Waals surface area contributed by atoms with E-state index in [0.717, 1.165) is 5.75 Å². The molecular formula is C11H13NOS2. The number of nitrogens with one attached hydrogen (secondary N) is 1. The van der Waals surface area contributed by atoms with Crippen molar-refractivity contribution < 1.29 is 4.74 Å². The SMILES string of the molecule is CNC(c1cccs1)c1sccc1OC. The molecule has 80 valence electrons. The molecule has 0 radical (unpaired) electrons. The summed E-state index contributed by atoms with van der Waals surface area (Å²) in [6.07, 6.45) is 0. The number of rotatable bonds is 4. The Morgan fingerprint density at radius 3 is 2.73 bits per heavy atom. The van der Waals surface area contributed by atoms with Gasteiger partial charge in [0.05, 0.1) is 18.0 Å². The second kappa shape index (κ2) is 4.79. The Kier molecular flexibility index (Phi) is 3.41. The standard InChI is InChI=1S/C11H13NOS2/c1-12-10(9-4-3-6-14-9)11-8(13-2)5-7-15-11/h3-7,10,12H,1-2H3. The molecule has 4 heteroatoms. The highest BCUT2D eigenvalue weighted by Gasteiger charge is 2.18. The van der Waals surface area contributed by atoms with E-state index in [1.54, 1.807) is 29.8 Å². The lowest BCUT2D eigenvalue weighted by Gasteiger charge is -2.14. The van der Waals surface area contributed by atoms with E-state index in [4.69, 9.17) is 4.74 Å². The van der Waals surface area contributed by atoms with Gasteiger partial charge in [0.2, 0.25) is 0 Å². The molecule has 0 aliphatic rings. The van der Waals surface area contributed by atoms with Crippen molar-refractivity contribution in [1.29, 1.82) is 0 Å². The van der Waals surface area contributed by atoms with Crippen molar-refractivity contribution in [2.45, 2.75) is 6.04 Å². The van der Waals surface area contributed by atoms with Gasteiger partial charge in [0.15, 0.2) is 0 Å². The normalized spacial score (nSPS) is 12.7. The molecule has 0 fully saturated rings. The Hall–Kier alpha value is -0.840. The van der Waals surface area contributed by atoms with Gasteiger partial charge in [-0.25, -0.2) is 0 Å². The average molecular weight is 239 g/mol. The lowest BCUT2D eigenvalue weighted by atomic mass is 10.2. The van der Waals surface area contributed by atoms with Crippen molar-refractivity contribution >= 4 is 22.7 Å². The van der Waals surface area contributed by atoms with Crippen LogP contribution in [0.1, 0.15) is 15.8 Å². The van der Waals surface area contributed by atoms with Gasteiger partial charge in [0, 0.05) is 4.88 Å². The maximum atomic E-state index is 5.34. The summed E-state index contributed by atoms with van der Waals surface area (Å²) < 4.78 is 5.34. The van der Waals surface area contributed by atoms with Gasteiger partial charge in [0.1, 0.15) is 5.75 Å². The van der Waals surface area contributed by atoms with Crippen LogP contribution in [-0.2, 0) is 0 Å². The quantitative estimate of drug-likeness (QED) is 0.885.